The highest BCUT2D eigenvalue weighted by Gasteiger charge is 2.21. The lowest BCUT2D eigenvalue weighted by molar-refractivity contribution is -0.00840. The molecule has 12 heteroatoms. The van der Waals surface area contributed by atoms with Crippen LogP contribution in [-0.2, 0) is 50.7 Å². The Morgan fingerprint density at radius 2 is 0.469 bits per heavy atom. The van der Waals surface area contributed by atoms with Gasteiger partial charge in [-0.1, -0.05) is 90.9 Å². The first-order chi connectivity index (χ1) is 31.8. The number of rotatable bonds is 16. The van der Waals surface area contributed by atoms with E-state index in [-0.39, 0.29) is 0 Å². The van der Waals surface area contributed by atoms with E-state index in [0.717, 1.165) is 25.7 Å². The molecule has 0 aromatic heterocycles. The highest BCUT2D eigenvalue weighted by molar-refractivity contribution is 6.08. The summed E-state index contributed by atoms with van der Waals surface area (Å²) in [7, 11) is 0. The molecule has 362 valence electrons. The Morgan fingerprint density at radius 1 is 0.266 bits per heavy atom. The van der Waals surface area contributed by atoms with Crippen LogP contribution in [0.1, 0.15) is 115 Å². The first kappa shape index (κ1) is 52.0. The predicted octanol–water partition coefficient (Wildman–Crippen LogP) is 10.3. The number of hydrogen-bond acceptors (Lipinski definition) is 12. The molecule has 0 N–H and O–H groups in total. The molecule has 0 saturated carbocycles. The summed E-state index contributed by atoms with van der Waals surface area (Å²) in [5, 5.41) is 4.79. The van der Waals surface area contributed by atoms with Gasteiger partial charge in [0.05, 0.1) is 106 Å². The number of benzene rings is 3. The van der Waals surface area contributed by atoms with Gasteiger partial charge in [-0.05, 0) is 82.6 Å². The van der Waals surface area contributed by atoms with Gasteiger partial charge in [0.2, 0.25) is 0 Å². The molecule has 0 saturated heterocycles. The second-order valence-electron chi connectivity index (χ2n) is 16.7. The molecular formula is C52H82O12. The van der Waals surface area contributed by atoms with E-state index in [9.17, 15) is 0 Å². The summed E-state index contributed by atoms with van der Waals surface area (Å²) < 4.78 is 72.5. The van der Waals surface area contributed by atoms with Crippen LogP contribution in [0, 0.1) is 0 Å². The minimum Gasteiger partial charge on any atom is -0.487 e. The van der Waals surface area contributed by atoms with Gasteiger partial charge in [0, 0.05) is 0 Å². The molecule has 0 bridgehead atoms. The van der Waals surface area contributed by atoms with Gasteiger partial charge < -0.3 is 56.8 Å². The van der Waals surface area contributed by atoms with Crippen LogP contribution in [0.5, 0.6) is 23.0 Å². The van der Waals surface area contributed by atoms with Gasteiger partial charge in [-0.2, -0.15) is 0 Å². The summed E-state index contributed by atoms with van der Waals surface area (Å²) in [4.78, 5) is 0. The second-order valence-corrected chi connectivity index (χ2v) is 16.7. The summed E-state index contributed by atoms with van der Waals surface area (Å²) in [5.41, 5.74) is 2.60. The zero-order valence-corrected chi connectivity index (χ0v) is 39.7. The van der Waals surface area contributed by atoms with Crippen molar-refractivity contribution in [3.05, 3.63) is 35.4 Å². The van der Waals surface area contributed by atoms with Gasteiger partial charge in [0.1, 0.15) is 26.4 Å². The predicted molar refractivity (Wildman–Crippen MR) is 253 cm³/mol. The van der Waals surface area contributed by atoms with Crippen LogP contribution in [0.3, 0.4) is 0 Å². The zero-order chi connectivity index (χ0) is 44.5. The molecule has 3 aromatic carbocycles. The largest absolute Gasteiger partial charge is 0.487 e. The molecule has 0 unspecified atom stereocenters. The van der Waals surface area contributed by atoms with E-state index in [1.807, 2.05) is 0 Å². The minimum absolute atomic E-state index is 0.386. The van der Waals surface area contributed by atoms with Gasteiger partial charge in [0.25, 0.3) is 0 Å². The van der Waals surface area contributed by atoms with Crippen molar-refractivity contribution < 1.29 is 56.8 Å². The molecule has 2 aliphatic heterocycles. The van der Waals surface area contributed by atoms with E-state index in [2.05, 4.69) is 38.1 Å². The fourth-order valence-electron chi connectivity index (χ4n) is 8.28. The van der Waals surface area contributed by atoms with Crippen LogP contribution >= 0.6 is 0 Å². The number of aryl methyl sites for hydroxylation is 2. The third-order valence-electron chi connectivity index (χ3n) is 11.7. The summed E-state index contributed by atoms with van der Waals surface area (Å²) in [6, 6.07) is 8.90. The molecule has 0 atom stereocenters. The molecular weight excluding hydrogens is 817 g/mol. The third kappa shape index (κ3) is 19.5. The lowest BCUT2D eigenvalue weighted by Gasteiger charge is -2.22. The third-order valence-corrected chi connectivity index (χ3v) is 11.7. The first-order valence-electron chi connectivity index (χ1n) is 25.0. The number of unbranched alkanes of at least 4 members (excludes halogenated alkanes) is 12. The zero-order valence-electron chi connectivity index (χ0n) is 39.7. The Kier molecular flexibility index (Phi) is 27.3. The van der Waals surface area contributed by atoms with E-state index >= 15 is 0 Å². The highest BCUT2D eigenvalue weighted by atomic mass is 16.6. The van der Waals surface area contributed by atoms with Crippen LogP contribution in [0.15, 0.2) is 24.3 Å². The fourth-order valence-corrected chi connectivity index (χ4v) is 8.28. The highest BCUT2D eigenvalue weighted by Crippen LogP contribution is 2.44. The van der Waals surface area contributed by atoms with Gasteiger partial charge in [-0.25, -0.2) is 0 Å². The molecule has 5 rings (SSSR count). The maximum absolute atomic E-state index is 6.55. The lowest BCUT2D eigenvalue weighted by atomic mass is 9.86. The van der Waals surface area contributed by atoms with Crippen molar-refractivity contribution in [2.45, 2.75) is 117 Å². The molecule has 0 fully saturated rings. The quantitative estimate of drug-likeness (QED) is 0.101. The van der Waals surface area contributed by atoms with E-state index < -0.39 is 0 Å². The SMILES string of the molecule is CCCCCCCCCc1c2cc3c(cc2c(CCCCCCCCC)c2cc4c(cc12)OCCOCCOCCOCCOCCO4)OCCOCCOCCOCCOCCO3. The van der Waals surface area contributed by atoms with Gasteiger partial charge >= 0.3 is 0 Å². The van der Waals surface area contributed by atoms with Gasteiger partial charge in [-0.15, -0.1) is 0 Å². The van der Waals surface area contributed by atoms with Crippen LogP contribution < -0.4 is 18.9 Å². The topological polar surface area (TPSA) is 111 Å². The Hall–Kier alpha value is -2.94. The van der Waals surface area contributed by atoms with E-state index in [4.69, 9.17) is 56.8 Å². The second kappa shape index (κ2) is 33.5. The van der Waals surface area contributed by atoms with Crippen molar-refractivity contribution in [1.29, 1.82) is 0 Å². The van der Waals surface area contributed by atoms with E-state index in [0.29, 0.717) is 155 Å². The lowest BCUT2D eigenvalue weighted by Crippen LogP contribution is -2.16. The smallest absolute Gasteiger partial charge is 0.161 e. The van der Waals surface area contributed by atoms with Crippen LogP contribution in [0.25, 0.3) is 21.5 Å². The number of ether oxygens (including phenoxy) is 12. The van der Waals surface area contributed by atoms with Crippen LogP contribution in [-0.4, -0.2) is 132 Å². The van der Waals surface area contributed by atoms with Crippen molar-refractivity contribution in [3.63, 3.8) is 0 Å². The van der Waals surface area contributed by atoms with Crippen molar-refractivity contribution in [2.75, 3.05) is 132 Å². The fraction of sp³-hybridized carbons (Fsp3) is 0.731. The molecule has 0 spiro atoms. The van der Waals surface area contributed by atoms with Crippen molar-refractivity contribution in [1.82, 2.24) is 0 Å². The molecule has 0 aliphatic carbocycles. The standard InChI is InChI=1S/C52H82O12/c1-3-5-7-9-11-13-15-17-43-45-39-49-51(63-37-33-59-29-25-55-21-19-53-23-27-57-31-35-61-49)41-47(45)44(18-16-14-12-10-8-6-4-2)48-42-52-50(40-46(43)48)62-36-32-58-28-24-54-20-22-56-26-30-60-34-38-64-52/h39-42H,3-38H2,1-2H3. The Bertz CT molecular complexity index is 1450. The Labute approximate surface area is 384 Å². The molecule has 2 aliphatic rings. The van der Waals surface area contributed by atoms with Crippen molar-refractivity contribution in [3.8, 4) is 23.0 Å². The molecule has 12 nitrogen and oxygen atoms in total. The first-order valence-corrected chi connectivity index (χ1v) is 25.0. The average molecular weight is 899 g/mol. The maximum Gasteiger partial charge on any atom is 0.161 e. The van der Waals surface area contributed by atoms with Crippen molar-refractivity contribution >= 4 is 21.5 Å². The number of fused-ring (bicyclic) bond motifs is 4. The molecule has 2 heterocycles. The molecule has 64 heavy (non-hydrogen) atoms. The summed E-state index contributed by atoms with van der Waals surface area (Å²) >= 11 is 0. The summed E-state index contributed by atoms with van der Waals surface area (Å²) in [5.74, 6) is 2.84. The summed E-state index contributed by atoms with van der Waals surface area (Å²) in [6.07, 6.45) is 19.1. The maximum atomic E-state index is 6.55. The molecule has 0 radical (unpaired) electrons. The Morgan fingerprint density at radius 3 is 0.703 bits per heavy atom. The van der Waals surface area contributed by atoms with Gasteiger partial charge in [-0.3, -0.25) is 0 Å². The minimum atomic E-state index is 0.386. The Balaban J connectivity index is 1.57. The normalized spacial score (nSPS) is 17.9. The van der Waals surface area contributed by atoms with E-state index in [1.54, 1.807) is 0 Å². The van der Waals surface area contributed by atoms with Crippen molar-refractivity contribution in [2.24, 2.45) is 0 Å². The van der Waals surface area contributed by atoms with Crippen LogP contribution in [0.4, 0.5) is 0 Å². The van der Waals surface area contributed by atoms with Gasteiger partial charge in [0.15, 0.2) is 23.0 Å². The average Bonchev–Trinajstić information content (AvgIpc) is 3.30. The van der Waals surface area contributed by atoms with E-state index in [1.165, 1.54) is 110 Å². The number of hydrogen-bond donors (Lipinski definition) is 0. The monoisotopic (exact) mass is 899 g/mol. The molecule has 3 aromatic rings. The summed E-state index contributed by atoms with van der Waals surface area (Å²) in [6.45, 7) is 13.9. The molecule has 0 amide bonds. The van der Waals surface area contributed by atoms with Crippen LogP contribution in [0.2, 0.25) is 0 Å².